The van der Waals surface area contributed by atoms with Crippen LogP contribution < -0.4 is 5.73 Å². The van der Waals surface area contributed by atoms with Gasteiger partial charge in [0.2, 0.25) is 0 Å². The Morgan fingerprint density at radius 2 is 1.94 bits per heavy atom. The average Bonchev–Trinajstić information content (AvgIpc) is 2.29. The molecule has 0 amide bonds. The number of benzene rings is 1. The summed E-state index contributed by atoms with van der Waals surface area (Å²) in [5.41, 5.74) is 6.38. The Labute approximate surface area is 107 Å². The SMILES string of the molecule is Nc1ccc(S(=O)C2CCCCC2)c(Br)c1. The summed E-state index contributed by atoms with van der Waals surface area (Å²) in [6.07, 6.45) is 5.88. The number of halogens is 1. The Balaban J connectivity index is 2.19. The second-order valence-electron chi connectivity index (χ2n) is 4.25. The molecular formula is C12H16BrNOS. The lowest BCUT2D eigenvalue weighted by Crippen LogP contribution is -2.19. The van der Waals surface area contributed by atoms with Gasteiger partial charge in [0.05, 0.1) is 15.7 Å². The van der Waals surface area contributed by atoms with Crippen LogP contribution in [0.25, 0.3) is 0 Å². The molecule has 1 aromatic rings. The van der Waals surface area contributed by atoms with Crippen molar-refractivity contribution in [2.45, 2.75) is 42.2 Å². The monoisotopic (exact) mass is 301 g/mol. The maximum atomic E-state index is 12.4. The van der Waals surface area contributed by atoms with E-state index in [0.717, 1.165) is 22.2 Å². The van der Waals surface area contributed by atoms with Gasteiger partial charge in [-0.15, -0.1) is 0 Å². The van der Waals surface area contributed by atoms with E-state index in [-0.39, 0.29) is 0 Å². The Kier molecular flexibility index (Phi) is 4.03. The molecule has 1 saturated carbocycles. The molecule has 0 heterocycles. The lowest BCUT2D eigenvalue weighted by atomic mass is 10.0. The lowest BCUT2D eigenvalue weighted by molar-refractivity contribution is 0.504. The predicted molar refractivity (Wildman–Crippen MR) is 71.8 cm³/mol. The van der Waals surface area contributed by atoms with Crippen LogP contribution >= 0.6 is 15.9 Å². The summed E-state index contributed by atoms with van der Waals surface area (Å²) in [6, 6.07) is 5.53. The molecular weight excluding hydrogens is 286 g/mol. The molecule has 2 rings (SSSR count). The highest BCUT2D eigenvalue weighted by atomic mass is 79.9. The van der Waals surface area contributed by atoms with E-state index in [2.05, 4.69) is 15.9 Å². The van der Waals surface area contributed by atoms with Crippen molar-refractivity contribution >= 4 is 32.4 Å². The Bertz CT molecular complexity index is 402. The van der Waals surface area contributed by atoms with Crippen LogP contribution in [0.2, 0.25) is 0 Å². The van der Waals surface area contributed by atoms with Crippen LogP contribution in [0.1, 0.15) is 32.1 Å². The number of hydrogen-bond acceptors (Lipinski definition) is 2. The Morgan fingerprint density at radius 1 is 1.25 bits per heavy atom. The number of hydrogen-bond donors (Lipinski definition) is 1. The fourth-order valence-electron chi connectivity index (χ4n) is 2.14. The third-order valence-corrected chi connectivity index (χ3v) is 5.81. The minimum atomic E-state index is -0.892. The fourth-order valence-corrected chi connectivity index (χ4v) is 4.59. The number of rotatable bonds is 2. The minimum absolute atomic E-state index is 0.327. The van der Waals surface area contributed by atoms with E-state index in [1.165, 1.54) is 19.3 Å². The van der Waals surface area contributed by atoms with E-state index in [1.807, 2.05) is 18.2 Å². The van der Waals surface area contributed by atoms with Crippen molar-refractivity contribution in [2.24, 2.45) is 0 Å². The highest BCUT2D eigenvalue weighted by molar-refractivity contribution is 9.10. The van der Waals surface area contributed by atoms with Gasteiger partial charge in [-0.1, -0.05) is 19.3 Å². The highest BCUT2D eigenvalue weighted by Crippen LogP contribution is 2.30. The minimum Gasteiger partial charge on any atom is -0.399 e. The van der Waals surface area contributed by atoms with E-state index in [4.69, 9.17) is 5.73 Å². The molecule has 0 spiro atoms. The van der Waals surface area contributed by atoms with Crippen molar-refractivity contribution in [1.82, 2.24) is 0 Å². The molecule has 1 aliphatic carbocycles. The van der Waals surface area contributed by atoms with Gasteiger partial charge in [0, 0.05) is 15.4 Å². The van der Waals surface area contributed by atoms with Gasteiger partial charge in [0.25, 0.3) is 0 Å². The Morgan fingerprint density at radius 3 is 2.56 bits per heavy atom. The molecule has 1 unspecified atom stereocenters. The van der Waals surface area contributed by atoms with Gasteiger partial charge in [-0.05, 0) is 47.0 Å². The van der Waals surface area contributed by atoms with Gasteiger partial charge in [-0.2, -0.15) is 0 Å². The van der Waals surface area contributed by atoms with Crippen molar-refractivity contribution in [3.05, 3.63) is 22.7 Å². The summed E-state index contributed by atoms with van der Waals surface area (Å²) < 4.78 is 13.2. The first-order valence-corrected chi connectivity index (χ1v) is 7.64. The molecule has 2 N–H and O–H groups in total. The first kappa shape index (κ1) is 12.1. The molecule has 1 atom stereocenters. The van der Waals surface area contributed by atoms with Crippen LogP contribution in [0.5, 0.6) is 0 Å². The molecule has 0 aliphatic heterocycles. The van der Waals surface area contributed by atoms with Crippen molar-refractivity contribution < 1.29 is 4.21 Å². The van der Waals surface area contributed by atoms with Crippen LogP contribution in [0.3, 0.4) is 0 Å². The maximum Gasteiger partial charge on any atom is 0.0572 e. The zero-order valence-corrected chi connectivity index (χ0v) is 11.5. The number of anilines is 1. The first-order chi connectivity index (χ1) is 7.68. The number of nitrogens with two attached hydrogens (primary N) is 1. The standard InChI is InChI=1S/C12H16BrNOS/c13-11-8-9(14)6-7-12(11)16(15)10-4-2-1-3-5-10/h6-8,10H,1-5,14H2. The van der Waals surface area contributed by atoms with Crippen LogP contribution in [-0.4, -0.2) is 9.46 Å². The molecule has 88 valence electrons. The zero-order valence-electron chi connectivity index (χ0n) is 9.12. The van der Waals surface area contributed by atoms with E-state index >= 15 is 0 Å². The molecule has 1 aliphatic rings. The maximum absolute atomic E-state index is 12.4. The van der Waals surface area contributed by atoms with Gasteiger partial charge < -0.3 is 5.73 Å². The van der Waals surface area contributed by atoms with Crippen molar-refractivity contribution in [3.63, 3.8) is 0 Å². The summed E-state index contributed by atoms with van der Waals surface area (Å²) in [6.45, 7) is 0. The van der Waals surface area contributed by atoms with Crippen molar-refractivity contribution in [2.75, 3.05) is 5.73 Å². The fraction of sp³-hybridized carbons (Fsp3) is 0.500. The molecule has 0 saturated heterocycles. The third kappa shape index (κ3) is 2.66. The van der Waals surface area contributed by atoms with E-state index in [0.29, 0.717) is 10.9 Å². The Hall–Kier alpha value is -0.350. The molecule has 4 heteroatoms. The average molecular weight is 302 g/mol. The molecule has 0 radical (unpaired) electrons. The van der Waals surface area contributed by atoms with Gasteiger partial charge in [-0.3, -0.25) is 4.21 Å². The largest absolute Gasteiger partial charge is 0.399 e. The highest BCUT2D eigenvalue weighted by Gasteiger charge is 2.22. The quantitative estimate of drug-likeness (QED) is 0.850. The molecule has 0 aromatic heterocycles. The van der Waals surface area contributed by atoms with E-state index in [9.17, 15) is 4.21 Å². The molecule has 1 aromatic carbocycles. The lowest BCUT2D eigenvalue weighted by Gasteiger charge is -2.21. The van der Waals surface area contributed by atoms with Crippen LogP contribution in [0.15, 0.2) is 27.6 Å². The summed E-state index contributed by atoms with van der Waals surface area (Å²) in [4.78, 5) is 0.890. The van der Waals surface area contributed by atoms with E-state index < -0.39 is 10.8 Å². The molecule has 0 bridgehead atoms. The second kappa shape index (κ2) is 5.32. The molecule has 16 heavy (non-hydrogen) atoms. The summed E-state index contributed by atoms with van der Waals surface area (Å²) in [7, 11) is -0.892. The first-order valence-electron chi connectivity index (χ1n) is 5.64. The summed E-state index contributed by atoms with van der Waals surface area (Å²) >= 11 is 3.44. The van der Waals surface area contributed by atoms with E-state index in [1.54, 1.807) is 0 Å². The smallest absolute Gasteiger partial charge is 0.0572 e. The van der Waals surface area contributed by atoms with Gasteiger partial charge in [0.1, 0.15) is 0 Å². The number of nitrogen functional groups attached to an aromatic ring is 1. The third-order valence-electron chi connectivity index (χ3n) is 3.03. The van der Waals surface area contributed by atoms with Crippen LogP contribution in [0.4, 0.5) is 5.69 Å². The van der Waals surface area contributed by atoms with Gasteiger partial charge in [-0.25, -0.2) is 0 Å². The molecule has 2 nitrogen and oxygen atoms in total. The molecule has 1 fully saturated rings. The van der Waals surface area contributed by atoms with Crippen LogP contribution in [0, 0.1) is 0 Å². The van der Waals surface area contributed by atoms with Crippen LogP contribution in [-0.2, 0) is 10.8 Å². The zero-order chi connectivity index (χ0) is 11.5. The van der Waals surface area contributed by atoms with Crippen molar-refractivity contribution in [3.8, 4) is 0 Å². The summed E-state index contributed by atoms with van der Waals surface area (Å²) in [5.74, 6) is 0. The van der Waals surface area contributed by atoms with Gasteiger partial charge in [0.15, 0.2) is 0 Å². The topological polar surface area (TPSA) is 43.1 Å². The normalized spacial score (nSPS) is 19.6. The second-order valence-corrected chi connectivity index (χ2v) is 6.80. The summed E-state index contributed by atoms with van der Waals surface area (Å²) in [5, 5.41) is 0.327. The van der Waals surface area contributed by atoms with Gasteiger partial charge >= 0.3 is 0 Å². The predicted octanol–water partition coefficient (Wildman–Crippen LogP) is 3.47. The van der Waals surface area contributed by atoms with Crippen molar-refractivity contribution in [1.29, 1.82) is 0 Å².